The van der Waals surface area contributed by atoms with E-state index in [4.69, 9.17) is 10.5 Å². The van der Waals surface area contributed by atoms with E-state index in [0.717, 1.165) is 45.2 Å². The number of rotatable bonds is 5. The van der Waals surface area contributed by atoms with Crippen molar-refractivity contribution in [3.8, 4) is 0 Å². The lowest BCUT2D eigenvalue weighted by Crippen LogP contribution is -2.65. The highest BCUT2D eigenvalue weighted by molar-refractivity contribution is 5.05. The minimum absolute atomic E-state index is 0.0960. The van der Waals surface area contributed by atoms with Crippen molar-refractivity contribution >= 4 is 0 Å². The van der Waals surface area contributed by atoms with Crippen LogP contribution in [0.1, 0.15) is 33.6 Å². The maximum Gasteiger partial charge on any atom is 0.0661 e. The summed E-state index contributed by atoms with van der Waals surface area (Å²) in [5, 5.41) is 0. The largest absolute Gasteiger partial charge is 0.383 e. The Hall–Kier alpha value is -0.160. The average Bonchev–Trinajstić information content (AvgIpc) is 3.20. The highest BCUT2D eigenvalue weighted by atomic mass is 16.5. The third kappa shape index (κ3) is 3.13. The molecule has 1 saturated heterocycles. The van der Waals surface area contributed by atoms with Crippen molar-refractivity contribution in [2.24, 2.45) is 11.7 Å². The van der Waals surface area contributed by atoms with Crippen molar-refractivity contribution in [1.29, 1.82) is 0 Å². The predicted octanol–water partition coefficient (Wildman–Crippen LogP) is 1.16. The zero-order valence-electron chi connectivity index (χ0n) is 13.1. The van der Waals surface area contributed by atoms with E-state index in [2.05, 4.69) is 30.6 Å². The van der Waals surface area contributed by atoms with Crippen LogP contribution < -0.4 is 5.73 Å². The second-order valence-corrected chi connectivity index (χ2v) is 7.16. The summed E-state index contributed by atoms with van der Waals surface area (Å²) >= 11 is 0. The van der Waals surface area contributed by atoms with E-state index in [1.807, 2.05) is 0 Å². The normalized spacial score (nSPS) is 26.4. The van der Waals surface area contributed by atoms with Crippen molar-refractivity contribution in [2.75, 3.05) is 46.4 Å². The molecular formula is C15H31N3O. The lowest BCUT2D eigenvalue weighted by molar-refractivity contribution is -0.0413. The molecule has 0 aromatic heterocycles. The van der Waals surface area contributed by atoms with E-state index in [1.54, 1.807) is 7.11 Å². The number of methoxy groups -OCH3 is 1. The molecule has 4 nitrogen and oxygen atoms in total. The maximum absolute atomic E-state index is 6.15. The van der Waals surface area contributed by atoms with Gasteiger partial charge in [0.05, 0.1) is 12.1 Å². The van der Waals surface area contributed by atoms with Gasteiger partial charge in [0, 0.05) is 45.4 Å². The molecule has 2 fully saturated rings. The van der Waals surface area contributed by atoms with E-state index in [9.17, 15) is 0 Å². The lowest BCUT2D eigenvalue weighted by Gasteiger charge is -2.50. The van der Waals surface area contributed by atoms with Crippen molar-refractivity contribution in [3.63, 3.8) is 0 Å². The highest BCUT2D eigenvalue weighted by Gasteiger charge is 2.49. The minimum atomic E-state index is 0.0960. The number of ether oxygens (including phenoxy) is 1. The fourth-order valence-electron chi connectivity index (χ4n) is 3.52. The zero-order chi connectivity index (χ0) is 14.1. The van der Waals surface area contributed by atoms with Crippen LogP contribution in [0.4, 0.5) is 0 Å². The predicted molar refractivity (Wildman–Crippen MR) is 79.3 cm³/mol. The number of piperazine rings is 1. The minimum Gasteiger partial charge on any atom is -0.383 e. The molecule has 4 heteroatoms. The molecule has 112 valence electrons. The molecule has 1 aliphatic heterocycles. The third-order valence-electron chi connectivity index (χ3n) is 4.94. The Morgan fingerprint density at radius 3 is 1.95 bits per heavy atom. The first-order chi connectivity index (χ1) is 8.94. The maximum atomic E-state index is 6.15. The van der Waals surface area contributed by atoms with Crippen LogP contribution in [-0.2, 0) is 4.74 Å². The van der Waals surface area contributed by atoms with Gasteiger partial charge in [-0.2, -0.15) is 0 Å². The van der Waals surface area contributed by atoms with Crippen molar-refractivity contribution in [2.45, 2.75) is 44.7 Å². The molecule has 1 aliphatic carbocycles. The molecule has 0 spiro atoms. The van der Waals surface area contributed by atoms with Crippen LogP contribution in [0.25, 0.3) is 0 Å². The van der Waals surface area contributed by atoms with Gasteiger partial charge >= 0.3 is 0 Å². The number of hydrogen-bond donors (Lipinski definition) is 1. The molecule has 0 bridgehead atoms. The summed E-state index contributed by atoms with van der Waals surface area (Å²) in [4.78, 5) is 5.18. The number of nitrogens with zero attached hydrogens (tertiary/aromatic N) is 2. The molecule has 0 aromatic carbocycles. The summed E-state index contributed by atoms with van der Waals surface area (Å²) in [7, 11) is 1.80. The zero-order valence-corrected chi connectivity index (χ0v) is 13.1. The second-order valence-electron chi connectivity index (χ2n) is 7.16. The van der Waals surface area contributed by atoms with Gasteiger partial charge in [-0.25, -0.2) is 0 Å². The molecule has 1 atom stereocenters. The summed E-state index contributed by atoms with van der Waals surface area (Å²) in [5.74, 6) is 0.749. The summed E-state index contributed by atoms with van der Waals surface area (Å²) in [6.45, 7) is 12.9. The van der Waals surface area contributed by atoms with Crippen LogP contribution in [0.2, 0.25) is 0 Å². The Bertz CT molecular complexity index is 290. The van der Waals surface area contributed by atoms with Gasteiger partial charge in [-0.3, -0.25) is 9.80 Å². The number of hydrogen-bond acceptors (Lipinski definition) is 4. The molecule has 0 radical (unpaired) electrons. The Labute approximate surface area is 118 Å². The monoisotopic (exact) mass is 269 g/mol. The van der Waals surface area contributed by atoms with Gasteiger partial charge < -0.3 is 10.5 Å². The molecular weight excluding hydrogens is 238 g/mol. The van der Waals surface area contributed by atoms with Crippen LogP contribution in [0.3, 0.4) is 0 Å². The Kier molecular flexibility index (Phi) is 4.56. The molecule has 2 aliphatic rings. The van der Waals surface area contributed by atoms with E-state index in [1.165, 1.54) is 12.8 Å². The first kappa shape index (κ1) is 15.2. The summed E-state index contributed by atoms with van der Waals surface area (Å²) in [5.41, 5.74) is 6.52. The molecule has 1 heterocycles. The Morgan fingerprint density at radius 2 is 1.58 bits per heavy atom. The van der Waals surface area contributed by atoms with Crippen LogP contribution in [0.5, 0.6) is 0 Å². The van der Waals surface area contributed by atoms with Gasteiger partial charge in [-0.05, 0) is 39.5 Å². The fraction of sp³-hybridized carbons (Fsp3) is 1.00. The van der Waals surface area contributed by atoms with Gasteiger partial charge in [0.1, 0.15) is 0 Å². The quantitative estimate of drug-likeness (QED) is 0.813. The van der Waals surface area contributed by atoms with E-state index in [-0.39, 0.29) is 11.1 Å². The van der Waals surface area contributed by atoms with E-state index >= 15 is 0 Å². The smallest absolute Gasteiger partial charge is 0.0661 e. The van der Waals surface area contributed by atoms with Gasteiger partial charge in [-0.1, -0.05) is 0 Å². The van der Waals surface area contributed by atoms with E-state index in [0.29, 0.717) is 0 Å². The fourth-order valence-corrected chi connectivity index (χ4v) is 3.52. The SMILES string of the molecule is COCC(CN)(C1CC1)N1CCN(C(C)(C)C)CC1. The van der Waals surface area contributed by atoms with Gasteiger partial charge in [0.25, 0.3) is 0 Å². The van der Waals surface area contributed by atoms with Crippen LogP contribution in [-0.4, -0.2) is 67.3 Å². The van der Waals surface area contributed by atoms with Gasteiger partial charge in [0.15, 0.2) is 0 Å². The summed E-state index contributed by atoms with van der Waals surface area (Å²) in [6.07, 6.45) is 2.64. The first-order valence-corrected chi connectivity index (χ1v) is 7.63. The molecule has 0 aromatic rings. The van der Waals surface area contributed by atoms with Crippen LogP contribution in [0.15, 0.2) is 0 Å². The lowest BCUT2D eigenvalue weighted by atomic mass is 9.90. The second kappa shape index (κ2) is 5.68. The topological polar surface area (TPSA) is 41.7 Å². The summed E-state index contributed by atoms with van der Waals surface area (Å²) < 4.78 is 5.51. The van der Waals surface area contributed by atoms with Gasteiger partial charge in [0.2, 0.25) is 0 Å². The molecule has 19 heavy (non-hydrogen) atoms. The van der Waals surface area contributed by atoms with Crippen LogP contribution >= 0.6 is 0 Å². The Balaban J connectivity index is 2.01. The molecule has 0 amide bonds. The van der Waals surface area contributed by atoms with Crippen molar-refractivity contribution in [1.82, 2.24) is 9.80 Å². The van der Waals surface area contributed by atoms with E-state index < -0.39 is 0 Å². The van der Waals surface area contributed by atoms with Crippen molar-refractivity contribution in [3.05, 3.63) is 0 Å². The average molecular weight is 269 g/mol. The molecule has 1 unspecified atom stereocenters. The third-order valence-corrected chi connectivity index (χ3v) is 4.94. The summed E-state index contributed by atoms with van der Waals surface area (Å²) in [6, 6.07) is 0. The number of nitrogens with two attached hydrogens (primary N) is 1. The molecule has 1 saturated carbocycles. The molecule has 2 N–H and O–H groups in total. The van der Waals surface area contributed by atoms with Crippen molar-refractivity contribution < 1.29 is 4.74 Å². The highest BCUT2D eigenvalue weighted by Crippen LogP contribution is 2.43. The van der Waals surface area contributed by atoms with Crippen LogP contribution in [0, 0.1) is 5.92 Å². The first-order valence-electron chi connectivity index (χ1n) is 7.63. The van der Waals surface area contributed by atoms with Gasteiger partial charge in [-0.15, -0.1) is 0 Å². The molecule has 2 rings (SSSR count). The Morgan fingerprint density at radius 1 is 1.05 bits per heavy atom. The standard InChI is InChI=1S/C15H31N3O/c1-14(2,3)17-7-9-18(10-8-17)15(11-16,12-19-4)13-5-6-13/h13H,5-12,16H2,1-4H3.